The molecule has 0 saturated carbocycles. The molecule has 0 unspecified atom stereocenters. The van der Waals surface area contributed by atoms with Crippen molar-refractivity contribution in [3.63, 3.8) is 0 Å². The molecule has 3 aromatic rings. The maximum Gasteiger partial charge on any atom is 0.178 e. The van der Waals surface area contributed by atoms with Gasteiger partial charge in [-0.25, -0.2) is 21.6 Å². The fraction of sp³-hybridized carbons (Fsp3) is 0.167. The Morgan fingerprint density at radius 3 is 2.31 bits per heavy atom. The zero-order chi connectivity index (χ0) is 19.1. The molecule has 0 amide bonds. The van der Waals surface area contributed by atoms with Gasteiger partial charge in [-0.05, 0) is 48.4 Å². The van der Waals surface area contributed by atoms with Crippen molar-refractivity contribution in [3.8, 4) is 22.4 Å². The van der Waals surface area contributed by atoms with Gasteiger partial charge in [0.1, 0.15) is 22.2 Å². The minimum atomic E-state index is -3.74. The molecular weight excluding hydrogens is 367 g/mol. The molecule has 0 atom stereocenters. The second-order valence-corrected chi connectivity index (χ2v) is 7.83. The van der Waals surface area contributed by atoms with Crippen LogP contribution in [0.2, 0.25) is 0 Å². The zero-order valence-corrected chi connectivity index (χ0v) is 14.7. The van der Waals surface area contributed by atoms with Crippen LogP contribution in [0.25, 0.3) is 22.4 Å². The molecule has 1 aromatic heterocycles. The van der Waals surface area contributed by atoms with Crippen molar-refractivity contribution in [1.29, 1.82) is 0 Å². The van der Waals surface area contributed by atoms with Crippen LogP contribution in [0.1, 0.15) is 11.3 Å². The summed E-state index contributed by atoms with van der Waals surface area (Å²) >= 11 is 0. The van der Waals surface area contributed by atoms with Crippen LogP contribution < -0.4 is 0 Å². The fourth-order valence-electron chi connectivity index (χ4n) is 2.66. The molecule has 0 radical (unpaired) electrons. The van der Waals surface area contributed by atoms with E-state index < -0.39 is 33.0 Å². The summed E-state index contributed by atoms with van der Waals surface area (Å²) in [6.45, 7) is 0.577. The van der Waals surface area contributed by atoms with Crippen molar-refractivity contribution in [2.24, 2.45) is 0 Å². The molecule has 0 aliphatic heterocycles. The summed E-state index contributed by atoms with van der Waals surface area (Å²) in [5, 5.41) is 3.83. The monoisotopic (exact) mass is 381 g/mol. The largest absolute Gasteiger partial charge is 0.357 e. The van der Waals surface area contributed by atoms with Crippen LogP contribution in [0.15, 0.2) is 45.8 Å². The van der Waals surface area contributed by atoms with Crippen LogP contribution >= 0.6 is 0 Å². The number of aromatic nitrogens is 1. The van der Waals surface area contributed by atoms with Crippen LogP contribution in [-0.4, -0.2) is 19.8 Å². The number of hydrogen-bond acceptors (Lipinski definition) is 4. The van der Waals surface area contributed by atoms with E-state index in [9.17, 15) is 21.6 Å². The number of alkyl halides is 1. The Kier molecular flexibility index (Phi) is 4.62. The van der Waals surface area contributed by atoms with Crippen molar-refractivity contribution < 1.29 is 26.1 Å². The lowest BCUT2D eigenvalue weighted by Gasteiger charge is -2.07. The summed E-state index contributed by atoms with van der Waals surface area (Å²) in [5.74, 6) is -1.50. The predicted octanol–water partition coefficient (Wildman–Crippen LogP) is 4.47. The van der Waals surface area contributed by atoms with Crippen LogP contribution in [0.5, 0.6) is 0 Å². The van der Waals surface area contributed by atoms with Gasteiger partial charge in [-0.15, -0.1) is 0 Å². The SMILES string of the molecule is Cc1cc(-c2noc(CF)c2-c2ccc(S(C)(=O)=O)c(F)c2)ccc1F. The van der Waals surface area contributed by atoms with Gasteiger partial charge in [0.05, 0.1) is 5.56 Å². The predicted molar refractivity (Wildman–Crippen MR) is 89.9 cm³/mol. The van der Waals surface area contributed by atoms with Crippen molar-refractivity contribution in [3.05, 3.63) is 59.4 Å². The molecule has 1 heterocycles. The smallest absolute Gasteiger partial charge is 0.178 e. The third-order valence-corrected chi connectivity index (χ3v) is 5.07. The highest BCUT2D eigenvalue weighted by Crippen LogP contribution is 2.36. The Hall–Kier alpha value is -2.61. The van der Waals surface area contributed by atoms with Gasteiger partial charge in [0.25, 0.3) is 0 Å². The zero-order valence-electron chi connectivity index (χ0n) is 13.9. The van der Waals surface area contributed by atoms with Gasteiger partial charge in [-0.1, -0.05) is 11.2 Å². The van der Waals surface area contributed by atoms with Crippen molar-refractivity contribution in [2.45, 2.75) is 18.5 Å². The number of rotatable bonds is 4. The van der Waals surface area contributed by atoms with Gasteiger partial charge in [-0.2, -0.15) is 0 Å². The Bertz CT molecular complexity index is 1090. The van der Waals surface area contributed by atoms with E-state index in [1.807, 2.05) is 0 Å². The Balaban J connectivity index is 2.20. The van der Waals surface area contributed by atoms with Gasteiger partial charge in [0, 0.05) is 11.8 Å². The fourth-order valence-corrected chi connectivity index (χ4v) is 3.39. The molecule has 0 aliphatic carbocycles. The van der Waals surface area contributed by atoms with Crippen molar-refractivity contribution >= 4 is 9.84 Å². The van der Waals surface area contributed by atoms with E-state index in [0.717, 1.165) is 18.4 Å². The minimum absolute atomic E-state index is 0.131. The first kappa shape index (κ1) is 18.2. The van der Waals surface area contributed by atoms with Crippen LogP contribution in [-0.2, 0) is 16.5 Å². The number of halogens is 3. The molecule has 0 fully saturated rings. The Labute approximate surface area is 148 Å². The molecular formula is C18H14F3NO3S. The summed E-state index contributed by atoms with van der Waals surface area (Å²) in [6, 6.07) is 7.65. The lowest BCUT2D eigenvalue weighted by Crippen LogP contribution is -2.01. The summed E-state index contributed by atoms with van der Waals surface area (Å²) < 4.78 is 69.2. The molecule has 3 rings (SSSR count). The molecule has 8 heteroatoms. The number of benzene rings is 2. The third kappa shape index (κ3) is 3.24. The van der Waals surface area contributed by atoms with E-state index in [2.05, 4.69) is 5.16 Å². The third-order valence-electron chi connectivity index (χ3n) is 3.94. The molecule has 0 spiro atoms. The van der Waals surface area contributed by atoms with E-state index in [1.54, 1.807) is 6.92 Å². The topological polar surface area (TPSA) is 60.2 Å². The van der Waals surface area contributed by atoms with E-state index in [1.165, 1.54) is 24.3 Å². The standard InChI is InChI=1S/C18H14F3NO3S/c1-10-7-12(3-5-13(10)20)18-17(15(9-19)25-22-18)11-4-6-16(14(21)8-11)26(2,23)24/h3-8H,9H2,1-2H3. The number of hydrogen-bond donors (Lipinski definition) is 0. The maximum atomic E-state index is 14.3. The van der Waals surface area contributed by atoms with E-state index in [4.69, 9.17) is 4.52 Å². The molecule has 0 N–H and O–H groups in total. The first-order valence-electron chi connectivity index (χ1n) is 7.53. The number of aryl methyl sites for hydroxylation is 1. The van der Waals surface area contributed by atoms with Gasteiger partial charge >= 0.3 is 0 Å². The second kappa shape index (κ2) is 6.60. The average Bonchev–Trinajstić information content (AvgIpc) is 3.00. The minimum Gasteiger partial charge on any atom is -0.357 e. The second-order valence-electron chi connectivity index (χ2n) is 5.84. The van der Waals surface area contributed by atoms with Gasteiger partial charge in [0.15, 0.2) is 22.3 Å². The molecule has 4 nitrogen and oxygen atoms in total. The molecule has 0 aliphatic rings. The highest BCUT2D eigenvalue weighted by atomic mass is 32.2. The van der Waals surface area contributed by atoms with Crippen LogP contribution in [0.3, 0.4) is 0 Å². The van der Waals surface area contributed by atoms with Crippen LogP contribution in [0.4, 0.5) is 13.2 Å². The lowest BCUT2D eigenvalue weighted by molar-refractivity contribution is 0.332. The molecule has 0 saturated heterocycles. The summed E-state index contributed by atoms with van der Waals surface area (Å²) in [5.41, 5.74) is 1.44. The van der Waals surface area contributed by atoms with Crippen molar-refractivity contribution in [2.75, 3.05) is 6.26 Å². The molecule has 26 heavy (non-hydrogen) atoms. The highest BCUT2D eigenvalue weighted by Gasteiger charge is 2.22. The average molecular weight is 381 g/mol. The van der Waals surface area contributed by atoms with E-state index in [0.29, 0.717) is 11.1 Å². The van der Waals surface area contributed by atoms with E-state index >= 15 is 0 Å². The Morgan fingerprint density at radius 1 is 1.04 bits per heavy atom. The van der Waals surface area contributed by atoms with Gasteiger partial charge in [-0.3, -0.25) is 0 Å². The maximum absolute atomic E-state index is 14.3. The van der Waals surface area contributed by atoms with Gasteiger partial charge < -0.3 is 4.52 Å². The molecule has 2 aromatic carbocycles. The lowest BCUT2D eigenvalue weighted by atomic mass is 9.98. The van der Waals surface area contributed by atoms with Crippen LogP contribution in [0, 0.1) is 18.6 Å². The Morgan fingerprint density at radius 2 is 1.73 bits per heavy atom. The van der Waals surface area contributed by atoms with Crippen molar-refractivity contribution in [1.82, 2.24) is 5.16 Å². The quantitative estimate of drug-likeness (QED) is 0.669. The first-order valence-corrected chi connectivity index (χ1v) is 9.42. The number of nitrogens with zero attached hydrogens (tertiary/aromatic N) is 1. The summed E-state index contributed by atoms with van der Waals surface area (Å²) in [6.07, 6.45) is 0.893. The summed E-state index contributed by atoms with van der Waals surface area (Å²) in [4.78, 5) is -0.460. The molecule has 0 bridgehead atoms. The van der Waals surface area contributed by atoms with Gasteiger partial charge in [0.2, 0.25) is 0 Å². The molecule has 136 valence electrons. The summed E-state index contributed by atoms with van der Waals surface area (Å²) in [7, 11) is -3.74. The first-order chi connectivity index (χ1) is 12.2. The highest BCUT2D eigenvalue weighted by molar-refractivity contribution is 7.90. The normalized spacial score (nSPS) is 11.7. The van der Waals surface area contributed by atoms with E-state index in [-0.39, 0.29) is 22.6 Å². The number of sulfone groups is 1.